The van der Waals surface area contributed by atoms with Gasteiger partial charge in [0.2, 0.25) is 0 Å². The predicted molar refractivity (Wildman–Crippen MR) is 107 cm³/mol. The Morgan fingerprint density at radius 2 is 1.70 bits per heavy atom. The molecule has 10 heteroatoms. The zero-order valence-corrected chi connectivity index (χ0v) is 16.3. The van der Waals surface area contributed by atoms with Crippen molar-refractivity contribution in [1.82, 2.24) is 5.32 Å². The van der Waals surface area contributed by atoms with E-state index in [0.29, 0.717) is 11.3 Å². The molecule has 2 aromatic rings. The maximum atomic E-state index is 12.5. The van der Waals surface area contributed by atoms with Crippen molar-refractivity contribution in [2.24, 2.45) is 0 Å². The maximum Gasteiger partial charge on any atom is 0.320 e. The lowest BCUT2D eigenvalue weighted by atomic mass is 10.1. The van der Waals surface area contributed by atoms with Crippen LogP contribution in [0.5, 0.6) is 0 Å². The molecule has 140 valence electrons. The lowest BCUT2D eigenvalue weighted by Gasteiger charge is -2.18. The third-order valence-electron chi connectivity index (χ3n) is 3.74. The highest BCUT2D eigenvalue weighted by Gasteiger charge is 2.24. The fourth-order valence-corrected chi connectivity index (χ4v) is 3.39. The Morgan fingerprint density at radius 3 is 2.37 bits per heavy atom. The van der Waals surface area contributed by atoms with Crippen LogP contribution in [0.1, 0.15) is 11.6 Å². The second kappa shape index (κ2) is 7.86. The van der Waals surface area contributed by atoms with E-state index in [0.717, 1.165) is 0 Å². The fourth-order valence-electron chi connectivity index (χ4n) is 2.48. The van der Waals surface area contributed by atoms with Crippen molar-refractivity contribution < 1.29 is 14.7 Å². The lowest BCUT2D eigenvalue weighted by molar-refractivity contribution is -0.115. The summed E-state index contributed by atoms with van der Waals surface area (Å²) in [7, 11) is 0. The van der Waals surface area contributed by atoms with Gasteiger partial charge in [0, 0.05) is 11.3 Å². The third kappa shape index (κ3) is 4.09. The van der Waals surface area contributed by atoms with Gasteiger partial charge in [-0.2, -0.15) is 0 Å². The molecule has 0 saturated heterocycles. The molecule has 0 saturated carbocycles. The first-order valence-corrected chi connectivity index (χ1v) is 9.00. The predicted octanol–water partition coefficient (Wildman–Crippen LogP) is 5.56. The van der Waals surface area contributed by atoms with Crippen molar-refractivity contribution in [3.63, 3.8) is 0 Å². The van der Waals surface area contributed by atoms with Crippen molar-refractivity contribution in [2.75, 3.05) is 10.6 Å². The number of benzene rings is 2. The van der Waals surface area contributed by atoms with E-state index in [4.69, 9.17) is 46.4 Å². The molecule has 3 amide bonds. The topological polar surface area (TPSA) is 90.5 Å². The summed E-state index contributed by atoms with van der Waals surface area (Å²) in [6, 6.07) is 6.66. The molecule has 0 spiro atoms. The van der Waals surface area contributed by atoms with Gasteiger partial charge < -0.3 is 21.1 Å². The molecule has 2 aromatic carbocycles. The first kappa shape index (κ1) is 19.6. The minimum atomic E-state index is -0.799. The summed E-state index contributed by atoms with van der Waals surface area (Å²) in [5.41, 5.74) is 1.07. The van der Waals surface area contributed by atoms with Crippen LogP contribution in [-0.2, 0) is 4.79 Å². The summed E-state index contributed by atoms with van der Waals surface area (Å²) in [6.07, 6.45) is 1.22. The van der Waals surface area contributed by atoms with Gasteiger partial charge in [-0.05, 0) is 18.2 Å². The van der Waals surface area contributed by atoms with E-state index in [-0.39, 0.29) is 25.8 Å². The summed E-state index contributed by atoms with van der Waals surface area (Å²) >= 11 is 24.1. The largest absolute Gasteiger partial charge is 0.503 e. The first-order chi connectivity index (χ1) is 12.8. The number of rotatable bonds is 2. The number of amides is 3. The Hall–Kier alpha value is -2.12. The number of fused-ring (bicyclic) bond motifs is 1. The van der Waals surface area contributed by atoms with Crippen LogP contribution >= 0.6 is 46.4 Å². The fraction of sp³-hybridized carbons (Fsp3) is 0.0588. The van der Waals surface area contributed by atoms with E-state index in [1.54, 1.807) is 24.3 Å². The quantitative estimate of drug-likeness (QED) is 0.455. The van der Waals surface area contributed by atoms with Crippen LogP contribution in [0.3, 0.4) is 0 Å². The van der Waals surface area contributed by atoms with Crippen LogP contribution in [0, 0.1) is 0 Å². The van der Waals surface area contributed by atoms with Gasteiger partial charge in [0.1, 0.15) is 0 Å². The monoisotopic (exact) mass is 445 g/mol. The molecular formula is C17H11Cl4N3O3. The number of aliphatic hydroxyl groups is 1. The molecule has 1 atom stereocenters. The number of nitrogens with one attached hydrogen (secondary N) is 3. The van der Waals surface area contributed by atoms with Gasteiger partial charge in [-0.1, -0.05) is 64.6 Å². The number of halogens is 4. The summed E-state index contributed by atoms with van der Waals surface area (Å²) in [5.74, 6) is -1.21. The van der Waals surface area contributed by atoms with E-state index in [1.165, 1.54) is 12.1 Å². The molecule has 0 fully saturated rings. The summed E-state index contributed by atoms with van der Waals surface area (Å²) in [6.45, 7) is 0. The molecule has 27 heavy (non-hydrogen) atoms. The van der Waals surface area contributed by atoms with Crippen LogP contribution in [0.4, 0.5) is 16.2 Å². The number of hydrogen-bond donors (Lipinski definition) is 4. The minimum absolute atomic E-state index is 0.0257. The van der Waals surface area contributed by atoms with Crippen LogP contribution in [-0.4, -0.2) is 17.0 Å². The summed E-state index contributed by atoms with van der Waals surface area (Å²) in [4.78, 5) is 24.3. The summed E-state index contributed by atoms with van der Waals surface area (Å²) < 4.78 is 0. The van der Waals surface area contributed by atoms with E-state index >= 15 is 0 Å². The first-order valence-electron chi connectivity index (χ1n) is 7.49. The van der Waals surface area contributed by atoms with Gasteiger partial charge >= 0.3 is 6.03 Å². The molecule has 0 aliphatic carbocycles. The molecule has 6 nitrogen and oxygen atoms in total. The van der Waals surface area contributed by atoms with Crippen molar-refractivity contribution in [3.05, 3.63) is 67.8 Å². The average Bonchev–Trinajstić information content (AvgIpc) is 2.74. The van der Waals surface area contributed by atoms with Crippen LogP contribution in [0.25, 0.3) is 0 Å². The number of hydrogen-bond acceptors (Lipinski definition) is 3. The molecule has 3 rings (SSSR count). The number of urea groups is 1. The molecule has 4 N–H and O–H groups in total. The Bertz CT molecular complexity index is 952. The molecule has 1 aliphatic rings. The SMILES string of the molecule is O=C(Nc1c(Cl)c(Cl)cc(Cl)c1Cl)NC1C=C(O)C(=O)Nc2ccccc21. The maximum absolute atomic E-state index is 12.5. The van der Waals surface area contributed by atoms with Gasteiger partial charge in [0.05, 0.1) is 31.8 Å². The van der Waals surface area contributed by atoms with E-state index < -0.39 is 23.7 Å². The lowest BCUT2D eigenvalue weighted by Crippen LogP contribution is -2.32. The van der Waals surface area contributed by atoms with Gasteiger partial charge in [-0.25, -0.2) is 4.79 Å². The summed E-state index contributed by atoms with van der Waals surface area (Å²) in [5, 5.41) is 17.8. The van der Waals surface area contributed by atoms with Gasteiger partial charge in [-0.15, -0.1) is 0 Å². The molecule has 0 bridgehead atoms. The van der Waals surface area contributed by atoms with E-state index in [2.05, 4.69) is 16.0 Å². The van der Waals surface area contributed by atoms with Gasteiger partial charge in [-0.3, -0.25) is 4.79 Å². The Labute approximate surface area is 174 Å². The number of para-hydroxylation sites is 1. The van der Waals surface area contributed by atoms with Crippen LogP contribution in [0.15, 0.2) is 42.2 Å². The minimum Gasteiger partial charge on any atom is -0.503 e. The van der Waals surface area contributed by atoms with Crippen molar-refractivity contribution in [2.45, 2.75) is 6.04 Å². The molecule has 1 unspecified atom stereocenters. The highest BCUT2D eigenvalue weighted by molar-refractivity contribution is 6.50. The zero-order chi connectivity index (χ0) is 19.7. The zero-order valence-electron chi connectivity index (χ0n) is 13.3. The molecule has 1 heterocycles. The Morgan fingerprint density at radius 1 is 1.07 bits per heavy atom. The third-order valence-corrected chi connectivity index (χ3v) is 5.31. The van der Waals surface area contributed by atoms with E-state index in [1.807, 2.05) is 0 Å². The van der Waals surface area contributed by atoms with Crippen LogP contribution < -0.4 is 16.0 Å². The second-order valence-corrected chi connectivity index (χ2v) is 7.08. The highest BCUT2D eigenvalue weighted by atomic mass is 35.5. The van der Waals surface area contributed by atoms with E-state index in [9.17, 15) is 14.7 Å². The average molecular weight is 447 g/mol. The molecular weight excluding hydrogens is 436 g/mol. The van der Waals surface area contributed by atoms with Crippen molar-refractivity contribution >= 4 is 69.7 Å². The Balaban J connectivity index is 1.89. The number of carbonyl (C=O) groups excluding carboxylic acids is 2. The van der Waals surface area contributed by atoms with Gasteiger partial charge in [0.25, 0.3) is 5.91 Å². The van der Waals surface area contributed by atoms with Crippen LogP contribution in [0.2, 0.25) is 20.1 Å². The molecule has 0 radical (unpaired) electrons. The smallest absolute Gasteiger partial charge is 0.320 e. The van der Waals surface area contributed by atoms with Crippen molar-refractivity contribution in [1.29, 1.82) is 0 Å². The number of carbonyl (C=O) groups is 2. The second-order valence-electron chi connectivity index (χ2n) is 5.51. The normalized spacial score (nSPS) is 15.9. The molecule has 0 aromatic heterocycles. The standard InChI is InChI=1S/C17H11Cl4N3O3/c18-8-5-9(19)14(21)15(13(8)20)24-17(27)23-11-6-12(25)16(26)22-10-4-2-1-3-7(10)11/h1-6,11,25H,(H,22,26)(H2,23,24,27). The highest BCUT2D eigenvalue weighted by Crippen LogP contribution is 2.41. The van der Waals surface area contributed by atoms with Gasteiger partial charge in [0.15, 0.2) is 5.76 Å². The number of anilines is 2. The Kier molecular flexibility index (Phi) is 5.72. The van der Waals surface area contributed by atoms with Crippen molar-refractivity contribution in [3.8, 4) is 0 Å². The molecule has 1 aliphatic heterocycles. The number of aliphatic hydroxyl groups excluding tert-OH is 1.